The van der Waals surface area contributed by atoms with Crippen LogP contribution < -0.4 is 23.1 Å². The van der Waals surface area contributed by atoms with Gasteiger partial charge in [0.2, 0.25) is 5.75 Å². The van der Waals surface area contributed by atoms with E-state index in [9.17, 15) is 0 Å². The molecule has 7 heteroatoms. The number of benzene rings is 3. The van der Waals surface area contributed by atoms with Crippen molar-refractivity contribution in [3.8, 4) is 28.7 Å². The number of hydrogen-bond donors (Lipinski definition) is 0. The van der Waals surface area contributed by atoms with E-state index in [0.717, 1.165) is 38.8 Å². The molecule has 0 spiro atoms. The largest absolute Gasteiger partial charge is 0.541 e. The number of ether oxygens (including phenoxy) is 3. The van der Waals surface area contributed by atoms with Crippen molar-refractivity contribution < 1.29 is 23.1 Å². The monoisotopic (exact) mass is 528 g/mol. The maximum atomic E-state index is 6.94. The van der Waals surface area contributed by atoms with Gasteiger partial charge < -0.3 is 23.1 Å². The van der Waals surface area contributed by atoms with Crippen molar-refractivity contribution in [3.63, 3.8) is 0 Å². The van der Waals surface area contributed by atoms with E-state index in [1.807, 2.05) is 12.1 Å². The van der Waals surface area contributed by atoms with Crippen molar-refractivity contribution in [2.45, 2.75) is 77.8 Å². The topological polar surface area (TPSA) is 46.2 Å². The zero-order valence-electron chi connectivity index (χ0n) is 24.4. The Morgan fingerprint density at radius 2 is 1.06 bits per heavy atom. The van der Waals surface area contributed by atoms with E-state index < -0.39 is 16.6 Å². The van der Waals surface area contributed by atoms with Gasteiger partial charge in [0.05, 0.1) is 21.3 Å². The zero-order valence-corrected chi connectivity index (χ0v) is 26.4. The Balaban J connectivity index is 2.48. The highest BCUT2D eigenvalue weighted by Crippen LogP contribution is 2.51. The molecule has 0 aliphatic heterocycles. The second-order valence-electron chi connectivity index (χ2n) is 12.5. The minimum absolute atomic E-state index is 0.0179. The average Bonchev–Trinajstić information content (AvgIpc) is 2.76. The minimum atomic E-state index is -2.19. The first-order valence-electron chi connectivity index (χ1n) is 12.6. The van der Waals surface area contributed by atoms with Crippen LogP contribution in [0.2, 0.25) is 36.3 Å². The van der Waals surface area contributed by atoms with Gasteiger partial charge in [0.25, 0.3) is 16.6 Å². The van der Waals surface area contributed by atoms with Crippen LogP contribution in [0.3, 0.4) is 0 Å². The summed E-state index contributed by atoms with van der Waals surface area (Å²) in [5.41, 5.74) is 0. The van der Waals surface area contributed by atoms with Crippen LogP contribution in [0.15, 0.2) is 30.3 Å². The molecule has 0 radical (unpaired) electrons. The van der Waals surface area contributed by atoms with Gasteiger partial charge in [0.15, 0.2) is 23.0 Å². The molecule has 0 heterocycles. The van der Waals surface area contributed by atoms with Crippen molar-refractivity contribution in [3.05, 3.63) is 30.3 Å². The molecule has 0 unspecified atom stereocenters. The third-order valence-electron chi connectivity index (χ3n) is 8.06. The Bertz CT molecular complexity index is 1270. The van der Waals surface area contributed by atoms with Gasteiger partial charge in [-0.3, -0.25) is 0 Å². The van der Waals surface area contributed by atoms with Crippen LogP contribution in [0.5, 0.6) is 28.7 Å². The molecule has 0 saturated carbocycles. The summed E-state index contributed by atoms with van der Waals surface area (Å²) in [5.74, 6) is 3.47. The molecule has 0 aliphatic rings. The molecule has 5 nitrogen and oxygen atoms in total. The molecule has 0 fully saturated rings. The van der Waals surface area contributed by atoms with Crippen LogP contribution in [-0.4, -0.2) is 38.0 Å². The van der Waals surface area contributed by atoms with E-state index in [-0.39, 0.29) is 10.1 Å². The lowest BCUT2D eigenvalue weighted by atomic mass is 9.99. The number of methoxy groups -OCH3 is 3. The van der Waals surface area contributed by atoms with E-state index in [4.69, 9.17) is 23.1 Å². The molecular weight excluding hydrogens is 484 g/mol. The van der Waals surface area contributed by atoms with Gasteiger partial charge in [0.1, 0.15) is 0 Å². The van der Waals surface area contributed by atoms with Crippen LogP contribution >= 0.6 is 0 Å². The molecule has 3 aromatic rings. The maximum Gasteiger partial charge on any atom is 0.250 e. The number of hydrogen-bond acceptors (Lipinski definition) is 5. The van der Waals surface area contributed by atoms with Gasteiger partial charge in [-0.2, -0.15) is 0 Å². The quantitative estimate of drug-likeness (QED) is 0.226. The van der Waals surface area contributed by atoms with Crippen LogP contribution in [0.1, 0.15) is 41.5 Å². The summed E-state index contributed by atoms with van der Waals surface area (Å²) in [4.78, 5) is 0. The Hall–Kier alpha value is -2.39. The van der Waals surface area contributed by atoms with Crippen LogP contribution in [0, 0.1) is 0 Å². The fraction of sp³-hybridized carbons (Fsp3) is 0.517. The Morgan fingerprint density at radius 1 is 0.556 bits per heavy atom. The summed E-state index contributed by atoms with van der Waals surface area (Å²) >= 11 is 0. The third kappa shape index (κ3) is 4.92. The van der Waals surface area contributed by atoms with E-state index in [0.29, 0.717) is 11.5 Å². The molecule has 198 valence electrons. The van der Waals surface area contributed by atoms with Gasteiger partial charge in [-0.15, -0.1) is 0 Å². The van der Waals surface area contributed by atoms with E-state index in [1.54, 1.807) is 21.3 Å². The van der Waals surface area contributed by atoms with Crippen molar-refractivity contribution in [1.82, 2.24) is 0 Å². The smallest absolute Gasteiger partial charge is 0.250 e. The fourth-order valence-electron chi connectivity index (χ4n) is 3.70. The van der Waals surface area contributed by atoms with Crippen LogP contribution in [0.25, 0.3) is 21.5 Å². The molecule has 0 aromatic heterocycles. The molecule has 0 atom stereocenters. The molecule has 3 rings (SSSR count). The Labute approximate surface area is 219 Å². The first kappa shape index (κ1) is 28.2. The van der Waals surface area contributed by atoms with Crippen LogP contribution in [0.4, 0.5) is 0 Å². The zero-order chi connectivity index (χ0) is 27.3. The van der Waals surface area contributed by atoms with Gasteiger partial charge in [-0.1, -0.05) is 53.7 Å². The van der Waals surface area contributed by atoms with Crippen molar-refractivity contribution >= 4 is 38.2 Å². The highest BCUT2D eigenvalue weighted by atomic mass is 28.4. The molecule has 0 amide bonds. The summed E-state index contributed by atoms with van der Waals surface area (Å²) in [6.45, 7) is 22.4. The first-order valence-corrected chi connectivity index (χ1v) is 18.4. The normalized spacial score (nSPS) is 13.1. The van der Waals surface area contributed by atoms with Gasteiger partial charge >= 0.3 is 0 Å². The molecule has 0 N–H and O–H groups in total. The Kier molecular flexibility index (Phi) is 7.43. The van der Waals surface area contributed by atoms with E-state index in [1.165, 1.54) is 0 Å². The first-order chi connectivity index (χ1) is 16.5. The predicted octanol–water partition coefficient (Wildman–Crippen LogP) is 8.79. The van der Waals surface area contributed by atoms with E-state index in [2.05, 4.69) is 85.9 Å². The fourth-order valence-corrected chi connectivity index (χ4v) is 5.73. The van der Waals surface area contributed by atoms with Crippen molar-refractivity contribution in [1.29, 1.82) is 0 Å². The van der Waals surface area contributed by atoms with Crippen molar-refractivity contribution in [2.75, 3.05) is 21.3 Å². The van der Waals surface area contributed by atoms with Crippen molar-refractivity contribution in [2.24, 2.45) is 0 Å². The lowest BCUT2D eigenvalue weighted by molar-refractivity contribution is 0.342. The highest BCUT2D eigenvalue weighted by Gasteiger charge is 2.41. The summed E-state index contributed by atoms with van der Waals surface area (Å²) in [7, 11) is 0.657. The predicted molar refractivity (Wildman–Crippen MR) is 157 cm³/mol. The third-order valence-corrected chi connectivity index (χ3v) is 16.7. The minimum Gasteiger partial charge on any atom is -0.541 e. The number of rotatable bonds is 7. The SMILES string of the molecule is COc1cc2c(ccc3ccc(OC)c(O[Si](C)(C)C(C)(C)C)c32)c(O[Si](C)(C)C(C)(C)C)c1OC. The van der Waals surface area contributed by atoms with Gasteiger partial charge in [-0.05, 0) is 59.8 Å². The maximum absolute atomic E-state index is 6.94. The number of fused-ring (bicyclic) bond motifs is 3. The molecule has 0 aliphatic carbocycles. The summed E-state index contributed by atoms with van der Waals surface area (Å²) in [5, 5.41) is 4.08. The summed E-state index contributed by atoms with van der Waals surface area (Å²) < 4.78 is 31.4. The lowest BCUT2D eigenvalue weighted by Crippen LogP contribution is -2.44. The molecule has 3 aromatic carbocycles. The standard InChI is InChI=1S/C29H44O5Si2/c1-28(2,3)35(10,11)33-25-20-16-14-19-15-17-22(30-7)26(34-36(12,13)29(4,5)6)24(19)21(20)18-23(31-8)27(25)32-9/h14-18H,1-13H3. The van der Waals surface area contributed by atoms with Gasteiger partial charge in [-0.25, -0.2) is 0 Å². The molecular formula is C29H44O5Si2. The molecule has 0 saturated heterocycles. The molecule has 0 bridgehead atoms. The van der Waals surface area contributed by atoms with Crippen LogP contribution in [-0.2, 0) is 0 Å². The van der Waals surface area contributed by atoms with Gasteiger partial charge in [0, 0.05) is 16.2 Å². The second-order valence-corrected chi connectivity index (χ2v) is 22.0. The summed E-state index contributed by atoms with van der Waals surface area (Å²) in [6.07, 6.45) is 0. The molecule has 36 heavy (non-hydrogen) atoms. The Morgan fingerprint density at radius 3 is 1.53 bits per heavy atom. The summed E-state index contributed by atoms with van der Waals surface area (Å²) in [6, 6.07) is 10.3. The van der Waals surface area contributed by atoms with E-state index >= 15 is 0 Å². The average molecular weight is 529 g/mol. The second kappa shape index (κ2) is 9.49. The lowest BCUT2D eigenvalue weighted by Gasteiger charge is -2.38. The highest BCUT2D eigenvalue weighted by molar-refractivity contribution is 6.75.